The Kier molecular flexibility index (Phi) is 4.40. The van der Waals surface area contributed by atoms with Gasteiger partial charge in [0.15, 0.2) is 0 Å². The smallest absolute Gasteiger partial charge is 0.396 e. The maximum absolute atomic E-state index is 12.9. The Morgan fingerprint density at radius 3 is 2.47 bits per heavy atom. The number of hydrogen-bond donors (Lipinski definition) is 2. The molecule has 0 bridgehead atoms. The third kappa shape index (κ3) is 3.36. The van der Waals surface area contributed by atoms with Crippen LogP contribution in [-0.4, -0.2) is 18.3 Å². The van der Waals surface area contributed by atoms with E-state index < -0.39 is 17.7 Å². The van der Waals surface area contributed by atoms with Gasteiger partial charge in [0, 0.05) is 24.8 Å². The fourth-order valence-electron chi connectivity index (χ4n) is 1.64. The summed E-state index contributed by atoms with van der Waals surface area (Å²) < 4.78 is 38.6. The lowest BCUT2D eigenvalue weighted by Gasteiger charge is -2.18. The minimum atomic E-state index is -4.40. The van der Waals surface area contributed by atoms with E-state index in [-0.39, 0.29) is 12.2 Å². The lowest BCUT2D eigenvalue weighted by molar-refractivity contribution is -0.138. The van der Waals surface area contributed by atoms with Gasteiger partial charge in [0.25, 0.3) is 0 Å². The Morgan fingerprint density at radius 1 is 1.35 bits per heavy atom. The molecule has 0 saturated heterocycles. The van der Waals surface area contributed by atoms with Crippen LogP contribution >= 0.6 is 0 Å². The zero-order valence-corrected chi connectivity index (χ0v) is 9.80. The minimum absolute atomic E-state index is 0.127. The van der Waals surface area contributed by atoms with Crippen molar-refractivity contribution in [1.29, 1.82) is 0 Å². The van der Waals surface area contributed by atoms with Crippen molar-refractivity contribution in [1.82, 2.24) is 0 Å². The lowest BCUT2D eigenvalue weighted by Crippen LogP contribution is -2.13. The van der Waals surface area contributed by atoms with Crippen LogP contribution in [0, 0.1) is 0 Å². The number of aliphatic hydroxyl groups is 1. The van der Waals surface area contributed by atoms with Gasteiger partial charge in [-0.05, 0) is 24.6 Å². The van der Waals surface area contributed by atoms with Gasteiger partial charge in [-0.3, -0.25) is 0 Å². The second-order valence-electron chi connectivity index (χ2n) is 3.91. The summed E-state index contributed by atoms with van der Waals surface area (Å²) in [7, 11) is 0. The number of benzene rings is 1. The summed E-state index contributed by atoms with van der Waals surface area (Å²) in [6.45, 7) is 3.64. The first kappa shape index (κ1) is 13.8. The van der Waals surface area contributed by atoms with Crippen molar-refractivity contribution in [3.8, 4) is 0 Å². The first-order valence-corrected chi connectivity index (χ1v) is 5.46. The van der Waals surface area contributed by atoms with Gasteiger partial charge in [0.05, 0.1) is 5.56 Å². The summed E-state index contributed by atoms with van der Waals surface area (Å²) >= 11 is 0. The Balaban J connectivity index is 3.22. The molecule has 0 radical (unpaired) electrons. The average molecular weight is 247 g/mol. The minimum Gasteiger partial charge on any atom is -0.396 e. The number of aliphatic hydroxyl groups excluding tert-OH is 1. The molecule has 2 nitrogen and oxygen atoms in total. The summed E-state index contributed by atoms with van der Waals surface area (Å²) in [6.07, 6.45) is -4.40. The molecule has 5 heteroatoms. The topological polar surface area (TPSA) is 32.3 Å². The van der Waals surface area contributed by atoms with Crippen molar-refractivity contribution >= 4 is 5.69 Å². The molecule has 0 saturated carbocycles. The maximum atomic E-state index is 12.9. The van der Waals surface area contributed by atoms with E-state index in [1.165, 1.54) is 6.07 Å². The molecule has 1 aromatic rings. The van der Waals surface area contributed by atoms with E-state index in [0.717, 1.165) is 6.07 Å². The molecule has 0 aliphatic carbocycles. The van der Waals surface area contributed by atoms with Gasteiger partial charge in [-0.25, -0.2) is 0 Å². The highest BCUT2D eigenvalue weighted by molar-refractivity contribution is 5.50. The molecule has 1 aromatic carbocycles. The molecule has 0 amide bonds. The van der Waals surface area contributed by atoms with E-state index in [1.54, 1.807) is 13.0 Å². The second kappa shape index (κ2) is 5.40. The van der Waals surface area contributed by atoms with Gasteiger partial charge >= 0.3 is 6.18 Å². The fraction of sp³-hybridized carbons (Fsp3) is 0.500. The van der Waals surface area contributed by atoms with Crippen LogP contribution in [0.3, 0.4) is 0 Å². The van der Waals surface area contributed by atoms with Crippen LogP contribution in [0.25, 0.3) is 0 Å². The standard InChI is InChI=1S/C12H16F3NO/c1-3-16-9-4-5-10(8(2)7-17)11(6-9)12(13,14)15/h4-6,8,16-17H,3,7H2,1-2H3. The van der Waals surface area contributed by atoms with Crippen molar-refractivity contribution in [2.45, 2.75) is 25.9 Å². The number of halogens is 3. The molecule has 1 unspecified atom stereocenters. The van der Waals surface area contributed by atoms with E-state index in [1.807, 2.05) is 6.92 Å². The van der Waals surface area contributed by atoms with E-state index in [0.29, 0.717) is 12.2 Å². The second-order valence-corrected chi connectivity index (χ2v) is 3.91. The van der Waals surface area contributed by atoms with E-state index in [9.17, 15) is 13.2 Å². The first-order valence-electron chi connectivity index (χ1n) is 5.46. The van der Waals surface area contributed by atoms with Crippen LogP contribution in [0.15, 0.2) is 18.2 Å². The van der Waals surface area contributed by atoms with Crippen molar-refractivity contribution in [3.63, 3.8) is 0 Å². The van der Waals surface area contributed by atoms with E-state index >= 15 is 0 Å². The molecule has 0 aliphatic rings. The highest BCUT2D eigenvalue weighted by Gasteiger charge is 2.34. The van der Waals surface area contributed by atoms with Crippen molar-refractivity contribution in [2.75, 3.05) is 18.5 Å². The van der Waals surface area contributed by atoms with Crippen molar-refractivity contribution in [3.05, 3.63) is 29.3 Å². The normalized spacial score (nSPS) is 13.5. The zero-order chi connectivity index (χ0) is 13.1. The number of anilines is 1. The largest absolute Gasteiger partial charge is 0.416 e. The maximum Gasteiger partial charge on any atom is 0.416 e. The summed E-state index contributed by atoms with van der Waals surface area (Å²) in [4.78, 5) is 0. The number of rotatable bonds is 4. The molecular weight excluding hydrogens is 231 g/mol. The predicted molar refractivity (Wildman–Crippen MR) is 61.1 cm³/mol. The first-order chi connectivity index (χ1) is 7.90. The average Bonchev–Trinajstić information content (AvgIpc) is 2.27. The van der Waals surface area contributed by atoms with Gasteiger partial charge in [0.1, 0.15) is 0 Å². The van der Waals surface area contributed by atoms with Crippen LogP contribution in [0.1, 0.15) is 30.9 Å². The van der Waals surface area contributed by atoms with Crippen LogP contribution in [0.2, 0.25) is 0 Å². The molecule has 0 heterocycles. The van der Waals surface area contributed by atoms with Gasteiger partial charge < -0.3 is 10.4 Å². The van der Waals surface area contributed by atoms with Gasteiger partial charge in [-0.2, -0.15) is 13.2 Å². The van der Waals surface area contributed by atoms with Crippen molar-refractivity contribution < 1.29 is 18.3 Å². The van der Waals surface area contributed by atoms with E-state index in [4.69, 9.17) is 5.11 Å². The Bertz CT molecular complexity index is 377. The molecule has 1 rings (SSSR count). The molecule has 96 valence electrons. The molecule has 0 aliphatic heterocycles. The molecule has 0 spiro atoms. The predicted octanol–water partition coefficient (Wildman–Crippen LogP) is 3.23. The lowest BCUT2D eigenvalue weighted by atomic mass is 9.95. The Hall–Kier alpha value is -1.23. The molecular formula is C12H16F3NO. The summed E-state index contributed by atoms with van der Waals surface area (Å²) in [6, 6.07) is 4.10. The monoisotopic (exact) mass is 247 g/mol. The summed E-state index contributed by atoms with van der Waals surface area (Å²) in [5, 5.41) is 11.8. The quantitative estimate of drug-likeness (QED) is 0.856. The molecule has 0 fully saturated rings. The fourth-order valence-corrected chi connectivity index (χ4v) is 1.64. The Labute approximate surface area is 98.5 Å². The third-order valence-electron chi connectivity index (χ3n) is 2.54. The van der Waals surface area contributed by atoms with Crippen molar-refractivity contribution in [2.24, 2.45) is 0 Å². The Morgan fingerprint density at radius 2 is 2.00 bits per heavy atom. The van der Waals surface area contributed by atoms with Crippen LogP contribution in [0.4, 0.5) is 18.9 Å². The van der Waals surface area contributed by atoms with E-state index in [2.05, 4.69) is 5.32 Å². The summed E-state index contributed by atoms with van der Waals surface area (Å²) in [5.74, 6) is -0.526. The number of hydrogen-bond acceptors (Lipinski definition) is 2. The highest BCUT2D eigenvalue weighted by atomic mass is 19.4. The molecule has 1 atom stereocenters. The van der Waals surface area contributed by atoms with Crippen LogP contribution in [0.5, 0.6) is 0 Å². The molecule has 0 aromatic heterocycles. The molecule has 17 heavy (non-hydrogen) atoms. The van der Waals surface area contributed by atoms with Gasteiger partial charge in [-0.15, -0.1) is 0 Å². The number of alkyl halides is 3. The third-order valence-corrected chi connectivity index (χ3v) is 2.54. The van der Waals surface area contributed by atoms with Crippen LogP contribution in [-0.2, 0) is 6.18 Å². The van der Waals surface area contributed by atoms with Gasteiger partial charge in [0.2, 0.25) is 0 Å². The SMILES string of the molecule is CCNc1ccc(C(C)CO)c(C(F)(F)F)c1. The highest BCUT2D eigenvalue weighted by Crippen LogP contribution is 2.36. The zero-order valence-electron chi connectivity index (χ0n) is 9.80. The number of nitrogens with one attached hydrogen (secondary N) is 1. The summed E-state index contributed by atoms with van der Waals surface area (Å²) in [5.41, 5.74) is -0.118. The van der Waals surface area contributed by atoms with Gasteiger partial charge in [-0.1, -0.05) is 13.0 Å². The van der Waals surface area contributed by atoms with Crippen LogP contribution < -0.4 is 5.32 Å². The molecule has 2 N–H and O–H groups in total.